The third-order valence-corrected chi connectivity index (χ3v) is 2.44. The smallest absolute Gasteiger partial charge is 0.0683 e. The zero-order chi connectivity index (χ0) is 8.27. The van der Waals surface area contributed by atoms with Crippen molar-refractivity contribution in [2.75, 3.05) is 25.0 Å². The largest absolute Gasteiger partial charge is 0.395 e. The van der Waals surface area contributed by atoms with Crippen LogP contribution in [-0.2, 0) is 0 Å². The molecule has 0 aromatic rings. The number of rotatable bonds is 3. The number of hydrogen-bond donors (Lipinski definition) is 2. The van der Waals surface area contributed by atoms with Crippen LogP contribution in [0.2, 0.25) is 0 Å². The topological polar surface area (TPSA) is 43.7 Å². The summed E-state index contributed by atoms with van der Waals surface area (Å²) < 4.78 is 0. The number of aliphatic hydroxyl groups excluding tert-OH is 2. The minimum Gasteiger partial charge on any atom is -0.395 e. The molecule has 1 rings (SSSR count). The van der Waals surface area contributed by atoms with Crippen LogP contribution in [0.4, 0.5) is 0 Å². The Bertz CT molecular complexity index is 123. The maximum Gasteiger partial charge on any atom is 0.0683 e. The van der Waals surface area contributed by atoms with Gasteiger partial charge in [-0.1, -0.05) is 15.9 Å². The van der Waals surface area contributed by atoms with E-state index < -0.39 is 0 Å². The van der Waals surface area contributed by atoms with Gasteiger partial charge >= 0.3 is 0 Å². The van der Waals surface area contributed by atoms with Crippen molar-refractivity contribution in [2.45, 2.75) is 18.6 Å². The van der Waals surface area contributed by atoms with E-state index in [1.54, 1.807) is 0 Å². The zero-order valence-corrected chi connectivity index (χ0v) is 8.00. The van der Waals surface area contributed by atoms with Crippen molar-refractivity contribution in [3.8, 4) is 0 Å². The van der Waals surface area contributed by atoms with Crippen LogP contribution in [0.1, 0.15) is 6.42 Å². The standard InChI is InChI=1S/C7H14BrNO2/c8-1-2-9-4-7(11)3-6(9)5-10/h6-7,10-11H,1-5H2. The first-order chi connectivity index (χ1) is 5.27. The lowest BCUT2D eigenvalue weighted by atomic mass is 10.2. The van der Waals surface area contributed by atoms with Crippen LogP contribution >= 0.6 is 15.9 Å². The monoisotopic (exact) mass is 223 g/mol. The fraction of sp³-hybridized carbons (Fsp3) is 1.00. The number of β-amino-alcohol motifs (C(OH)–C–C–N with tert-alkyl or cyclic N) is 1. The third kappa shape index (κ3) is 2.40. The predicted molar refractivity (Wildman–Crippen MR) is 46.9 cm³/mol. The summed E-state index contributed by atoms with van der Waals surface area (Å²) in [7, 11) is 0. The lowest BCUT2D eigenvalue weighted by Crippen LogP contribution is -2.33. The van der Waals surface area contributed by atoms with Crippen molar-refractivity contribution < 1.29 is 10.2 Å². The van der Waals surface area contributed by atoms with E-state index in [9.17, 15) is 5.11 Å². The average Bonchev–Trinajstić information content (AvgIpc) is 2.32. The van der Waals surface area contributed by atoms with Crippen LogP contribution in [-0.4, -0.2) is 52.3 Å². The number of hydrogen-bond acceptors (Lipinski definition) is 3. The van der Waals surface area contributed by atoms with Crippen LogP contribution in [0.25, 0.3) is 0 Å². The van der Waals surface area contributed by atoms with Crippen LogP contribution in [0.3, 0.4) is 0 Å². The van der Waals surface area contributed by atoms with Crippen molar-refractivity contribution in [3.05, 3.63) is 0 Å². The molecule has 1 heterocycles. The van der Waals surface area contributed by atoms with E-state index in [-0.39, 0.29) is 18.8 Å². The van der Waals surface area contributed by atoms with Gasteiger partial charge in [-0.25, -0.2) is 0 Å². The van der Waals surface area contributed by atoms with Gasteiger partial charge in [-0.3, -0.25) is 4.90 Å². The molecule has 4 heteroatoms. The molecule has 0 amide bonds. The van der Waals surface area contributed by atoms with Crippen LogP contribution in [0.5, 0.6) is 0 Å². The van der Waals surface area contributed by atoms with Gasteiger partial charge in [0.25, 0.3) is 0 Å². The second-order valence-electron chi connectivity index (χ2n) is 2.91. The Morgan fingerprint density at radius 3 is 2.82 bits per heavy atom. The molecular weight excluding hydrogens is 210 g/mol. The summed E-state index contributed by atoms with van der Waals surface area (Å²) in [5, 5.41) is 19.1. The Morgan fingerprint density at radius 1 is 1.55 bits per heavy atom. The van der Waals surface area contributed by atoms with E-state index in [1.807, 2.05) is 0 Å². The fourth-order valence-corrected chi connectivity index (χ4v) is 1.99. The van der Waals surface area contributed by atoms with Gasteiger partial charge in [0, 0.05) is 24.5 Å². The Balaban J connectivity index is 2.37. The predicted octanol–water partition coefficient (Wildman–Crippen LogP) is -0.191. The summed E-state index contributed by atoms with van der Waals surface area (Å²) >= 11 is 3.33. The van der Waals surface area contributed by atoms with Gasteiger partial charge in [0.05, 0.1) is 12.7 Å². The van der Waals surface area contributed by atoms with Gasteiger partial charge in [0.15, 0.2) is 0 Å². The Hall–Kier alpha value is 0.360. The average molecular weight is 224 g/mol. The molecule has 0 aromatic carbocycles. The maximum absolute atomic E-state index is 9.26. The molecule has 0 spiro atoms. The molecule has 0 aromatic heterocycles. The highest BCUT2D eigenvalue weighted by Crippen LogP contribution is 2.16. The van der Waals surface area contributed by atoms with Gasteiger partial charge in [0.1, 0.15) is 0 Å². The van der Waals surface area contributed by atoms with Crippen LogP contribution < -0.4 is 0 Å². The van der Waals surface area contributed by atoms with Crippen LogP contribution in [0, 0.1) is 0 Å². The van der Waals surface area contributed by atoms with E-state index in [0.717, 1.165) is 11.9 Å². The molecule has 11 heavy (non-hydrogen) atoms. The lowest BCUT2D eigenvalue weighted by molar-refractivity contribution is 0.163. The maximum atomic E-state index is 9.26. The summed E-state index contributed by atoms with van der Waals surface area (Å²) in [5.41, 5.74) is 0. The number of nitrogens with zero attached hydrogens (tertiary/aromatic N) is 1. The van der Waals surface area contributed by atoms with Crippen molar-refractivity contribution in [3.63, 3.8) is 0 Å². The second kappa shape index (κ2) is 4.40. The third-order valence-electron chi connectivity index (χ3n) is 2.09. The molecule has 3 nitrogen and oxygen atoms in total. The van der Waals surface area contributed by atoms with Crippen molar-refractivity contribution >= 4 is 15.9 Å². The molecule has 0 bridgehead atoms. The van der Waals surface area contributed by atoms with E-state index in [4.69, 9.17) is 5.11 Å². The molecule has 1 aliphatic heterocycles. The molecule has 2 atom stereocenters. The van der Waals surface area contributed by atoms with Gasteiger partial charge in [-0.2, -0.15) is 0 Å². The Morgan fingerprint density at radius 2 is 2.27 bits per heavy atom. The number of alkyl halides is 1. The molecule has 0 aliphatic carbocycles. The number of aliphatic hydroxyl groups is 2. The lowest BCUT2D eigenvalue weighted by Gasteiger charge is -2.20. The van der Waals surface area contributed by atoms with Crippen molar-refractivity contribution in [2.24, 2.45) is 0 Å². The van der Waals surface area contributed by atoms with Gasteiger partial charge in [-0.05, 0) is 6.42 Å². The zero-order valence-electron chi connectivity index (χ0n) is 6.41. The second-order valence-corrected chi connectivity index (χ2v) is 3.70. The molecule has 2 N–H and O–H groups in total. The summed E-state index contributed by atoms with van der Waals surface area (Å²) in [6.45, 7) is 1.77. The Kier molecular flexibility index (Phi) is 3.78. The molecule has 0 radical (unpaired) electrons. The molecule has 0 saturated carbocycles. The highest BCUT2D eigenvalue weighted by Gasteiger charge is 2.29. The highest BCUT2D eigenvalue weighted by atomic mass is 79.9. The highest BCUT2D eigenvalue weighted by molar-refractivity contribution is 9.09. The normalized spacial score (nSPS) is 33.0. The van der Waals surface area contributed by atoms with Crippen molar-refractivity contribution in [1.29, 1.82) is 0 Å². The minimum atomic E-state index is -0.244. The number of halogens is 1. The van der Waals surface area contributed by atoms with E-state index in [1.165, 1.54) is 0 Å². The number of likely N-dealkylation sites (tertiary alicyclic amines) is 1. The molecule has 2 unspecified atom stereocenters. The van der Waals surface area contributed by atoms with Crippen molar-refractivity contribution in [1.82, 2.24) is 4.90 Å². The first-order valence-corrected chi connectivity index (χ1v) is 4.99. The molecule has 66 valence electrons. The van der Waals surface area contributed by atoms with Gasteiger partial charge < -0.3 is 10.2 Å². The molecule has 1 aliphatic rings. The molecule has 1 saturated heterocycles. The summed E-state index contributed by atoms with van der Waals surface area (Å²) in [5.74, 6) is 0. The summed E-state index contributed by atoms with van der Waals surface area (Å²) in [6.07, 6.45) is 0.468. The SMILES string of the molecule is OCC1CC(O)CN1CCBr. The minimum absolute atomic E-state index is 0.157. The first-order valence-electron chi connectivity index (χ1n) is 3.87. The van der Waals surface area contributed by atoms with E-state index in [0.29, 0.717) is 13.0 Å². The molecular formula is C7H14BrNO2. The summed E-state index contributed by atoms with van der Waals surface area (Å²) in [6, 6.07) is 0.169. The van der Waals surface area contributed by atoms with Crippen LogP contribution in [0.15, 0.2) is 0 Å². The van der Waals surface area contributed by atoms with E-state index >= 15 is 0 Å². The fourth-order valence-electron chi connectivity index (χ4n) is 1.53. The molecule has 1 fully saturated rings. The van der Waals surface area contributed by atoms with Gasteiger partial charge in [-0.15, -0.1) is 0 Å². The first kappa shape index (κ1) is 9.45. The quantitative estimate of drug-likeness (QED) is 0.653. The Labute approximate surface area is 75.1 Å². The summed E-state index contributed by atoms with van der Waals surface area (Å²) in [4.78, 5) is 2.11. The van der Waals surface area contributed by atoms with Gasteiger partial charge in [0.2, 0.25) is 0 Å². The van der Waals surface area contributed by atoms with E-state index in [2.05, 4.69) is 20.8 Å².